The molecule has 0 aliphatic carbocycles. The first-order valence-corrected chi connectivity index (χ1v) is 8.15. The molecule has 0 saturated carbocycles. The van der Waals surface area contributed by atoms with Crippen LogP contribution in [0.2, 0.25) is 0 Å². The van der Waals surface area contributed by atoms with Gasteiger partial charge in [-0.3, -0.25) is 4.90 Å². The number of benzene rings is 1. The van der Waals surface area contributed by atoms with Gasteiger partial charge >= 0.3 is 0 Å². The van der Waals surface area contributed by atoms with Crippen LogP contribution in [0.4, 0.5) is 0 Å². The molecular weight excluding hydrogens is 258 g/mol. The Bertz CT molecular complexity index is 377. The maximum atomic E-state index is 6.15. The summed E-state index contributed by atoms with van der Waals surface area (Å²) in [7, 11) is 4.27. The molecule has 0 aromatic heterocycles. The highest BCUT2D eigenvalue weighted by Crippen LogP contribution is 2.21. The largest absolute Gasteiger partial charge is 0.329 e. The Morgan fingerprint density at radius 2 is 1.71 bits per heavy atom. The molecule has 0 heterocycles. The van der Waals surface area contributed by atoms with Crippen LogP contribution in [0.15, 0.2) is 30.3 Å². The maximum absolute atomic E-state index is 6.15. The molecule has 0 spiro atoms. The van der Waals surface area contributed by atoms with Gasteiger partial charge in [-0.15, -0.1) is 0 Å². The molecule has 21 heavy (non-hydrogen) atoms. The van der Waals surface area contributed by atoms with E-state index in [1.807, 2.05) is 0 Å². The predicted octanol–water partition coefficient (Wildman–Crippen LogP) is 2.61. The fourth-order valence-electron chi connectivity index (χ4n) is 2.69. The van der Waals surface area contributed by atoms with Crippen LogP contribution < -0.4 is 5.73 Å². The van der Waals surface area contributed by atoms with E-state index >= 15 is 0 Å². The Kier molecular flexibility index (Phi) is 7.94. The van der Waals surface area contributed by atoms with E-state index in [9.17, 15) is 0 Å². The Hall–Kier alpha value is -0.900. The molecule has 1 aromatic carbocycles. The molecule has 0 saturated heterocycles. The quantitative estimate of drug-likeness (QED) is 0.719. The summed E-state index contributed by atoms with van der Waals surface area (Å²) in [6.45, 7) is 8.58. The van der Waals surface area contributed by atoms with E-state index in [1.165, 1.54) is 12.0 Å². The minimum absolute atomic E-state index is 0.0852. The molecule has 3 nitrogen and oxygen atoms in total. The van der Waals surface area contributed by atoms with Crippen LogP contribution in [-0.4, -0.2) is 55.6 Å². The topological polar surface area (TPSA) is 32.5 Å². The zero-order valence-electron chi connectivity index (χ0n) is 14.3. The van der Waals surface area contributed by atoms with Crippen molar-refractivity contribution < 1.29 is 0 Å². The third-order valence-corrected chi connectivity index (χ3v) is 4.31. The second-order valence-corrected chi connectivity index (χ2v) is 6.48. The van der Waals surface area contributed by atoms with E-state index in [2.05, 4.69) is 68.1 Å². The van der Waals surface area contributed by atoms with Gasteiger partial charge in [-0.25, -0.2) is 0 Å². The van der Waals surface area contributed by atoms with Gasteiger partial charge in [0.25, 0.3) is 0 Å². The van der Waals surface area contributed by atoms with Crippen molar-refractivity contribution in [1.29, 1.82) is 0 Å². The average molecular weight is 291 g/mol. The summed E-state index contributed by atoms with van der Waals surface area (Å²) in [5, 5.41) is 0. The van der Waals surface area contributed by atoms with Crippen LogP contribution in [0.5, 0.6) is 0 Å². The Morgan fingerprint density at radius 1 is 1.05 bits per heavy atom. The first kappa shape index (κ1) is 18.1. The monoisotopic (exact) mass is 291 g/mol. The first-order chi connectivity index (χ1) is 10.0. The lowest BCUT2D eigenvalue weighted by Crippen LogP contribution is -2.54. The molecule has 3 heteroatoms. The molecule has 0 aliphatic rings. The standard InChI is InChI=1S/C18H33N3/c1-5-13-21(15-14-20(3)4)18(2,16-19)12-11-17-9-7-6-8-10-17/h6-10H,5,11-16,19H2,1-4H3. The molecule has 0 radical (unpaired) electrons. The fraction of sp³-hybridized carbons (Fsp3) is 0.667. The van der Waals surface area contributed by atoms with Crippen LogP contribution in [0, 0.1) is 0 Å². The van der Waals surface area contributed by atoms with E-state index in [0.717, 1.165) is 32.5 Å². The van der Waals surface area contributed by atoms with Crippen molar-refractivity contribution in [3.05, 3.63) is 35.9 Å². The Morgan fingerprint density at radius 3 is 2.24 bits per heavy atom. The smallest absolute Gasteiger partial charge is 0.0307 e. The second kappa shape index (κ2) is 9.19. The van der Waals surface area contributed by atoms with Crippen molar-refractivity contribution >= 4 is 0 Å². The number of hydrogen-bond acceptors (Lipinski definition) is 3. The predicted molar refractivity (Wildman–Crippen MR) is 92.6 cm³/mol. The average Bonchev–Trinajstić information content (AvgIpc) is 2.50. The highest BCUT2D eigenvalue weighted by molar-refractivity contribution is 5.15. The molecule has 120 valence electrons. The lowest BCUT2D eigenvalue weighted by molar-refractivity contribution is 0.0927. The van der Waals surface area contributed by atoms with Crippen LogP contribution in [0.3, 0.4) is 0 Å². The van der Waals surface area contributed by atoms with Crippen molar-refractivity contribution in [3.63, 3.8) is 0 Å². The Labute approximate surface area is 131 Å². The third kappa shape index (κ3) is 6.16. The molecule has 0 aliphatic heterocycles. The number of nitrogens with zero attached hydrogens (tertiary/aromatic N) is 2. The summed E-state index contributed by atoms with van der Waals surface area (Å²) < 4.78 is 0. The summed E-state index contributed by atoms with van der Waals surface area (Å²) in [6.07, 6.45) is 3.38. The minimum atomic E-state index is 0.0852. The van der Waals surface area contributed by atoms with Gasteiger partial charge in [0.1, 0.15) is 0 Å². The van der Waals surface area contributed by atoms with E-state index in [1.54, 1.807) is 0 Å². The summed E-state index contributed by atoms with van der Waals surface area (Å²) in [5.74, 6) is 0. The molecule has 2 N–H and O–H groups in total. The van der Waals surface area contributed by atoms with Crippen LogP contribution in [0.1, 0.15) is 32.3 Å². The first-order valence-electron chi connectivity index (χ1n) is 8.15. The minimum Gasteiger partial charge on any atom is -0.329 e. The summed E-state index contributed by atoms with van der Waals surface area (Å²) >= 11 is 0. The number of nitrogens with two attached hydrogens (primary N) is 1. The SMILES string of the molecule is CCCN(CCN(C)C)C(C)(CN)CCc1ccccc1. The molecular formula is C18H33N3. The highest BCUT2D eigenvalue weighted by atomic mass is 15.2. The Balaban J connectivity index is 2.68. The number of rotatable bonds is 10. The van der Waals surface area contributed by atoms with Gasteiger partial charge in [-0.05, 0) is 52.4 Å². The normalized spacial score (nSPS) is 14.6. The van der Waals surface area contributed by atoms with Gasteiger partial charge in [-0.2, -0.15) is 0 Å². The molecule has 1 rings (SSSR count). The highest BCUT2D eigenvalue weighted by Gasteiger charge is 2.29. The van der Waals surface area contributed by atoms with Crippen molar-refractivity contribution in [1.82, 2.24) is 9.80 Å². The number of hydrogen-bond donors (Lipinski definition) is 1. The number of aryl methyl sites for hydroxylation is 1. The molecule has 0 amide bonds. The van der Waals surface area contributed by atoms with Gasteiger partial charge < -0.3 is 10.6 Å². The van der Waals surface area contributed by atoms with Gasteiger partial charge in [-0.1, -0.05) is 37.3 Å². The number of likely N-dealkylation sites (N-methyl/N-ethyl adjacent to an activating group) is 1. The fourth-order valence-corrected chi connectivity index (χ4v) is 2.69. The summed E-state index contributed by atoms with van der Waals surface area (Å²) in [6, 6.07) is 10.7. The van der Waals surface area contributed by atoms with Crippen molar-refractivity contribution in [2.24, 2.45) is 5.73 Å². The van der Waals surface area contributed by atoms with Crippen LogP contribution >= 0.6 is 0 Å². The molecule has 0 bridgehead atoms. The maximum Gasteiger partial charge on any atom is 0.0307 e. The van der Waals surface area contributed by atoms with Crippen molar-refractivity contribution in [2.75, 3.05) is 40.3 Å². The lowest BCUT2D eigenvalue weighted by Gasteiger charge is -2.41. The third-order valence-electron chi connectivity index (χ3n) is 4.31. The van der Waals surface area contributed by atoms with Crippen molar-refractivity contribution in [2.45, 2.75) is 38.6 Å². The molecule has 1 atom stereocenters. The molecule has 1 aromatic rings. The van der Waals surface area contributed by atoms with Gasteiger partial charge in [0.05, 0.1) is 0 Å². The zero-order valence-corrected chi connectivity index (χ0v) is 14.3. The van der Waals surface area contributed by atoms with Gasteiger partial charge in [0.2, 0.25) is 0 Å². The molecule has 0 fully saturated rings. The van der Waals surface area contributed by atoms with E-state index in [-0.39, 0.29) is 5.54 Å². The van der Waals surface area contributed by atoms with E-state index in [0.29, 0.717) is 6.54 Å². The van der Waals surface area contributed by atoms with Crippen LogP contribution in [-0.2, 0) is 6.42 Å². The lowest BCUT2D eigenvalue weighted by atomic mass is 9.91. The summed E-state index contributed by atoms with van der Waals surface area (Å²) in [4.78, 5) is 4.83. The van der Waals surface area contributed by atoms with Crippen LogP contribution in [0.25, 0.3) is 0 Å². The van der Waals surface area contributed by atoms with Gasteiger partial charge in [0.15, 0.2) is 0 Å². The van der Waals surface area contributed by atoms with Crippen molar-refractivity contribution in [3.8, 4) is 0 Å². The zero-order chi connectivity index (χ0) is 15.7. The second-order valence-electron chi connectivity index (χ2n) is 6.48. The van der Waals surface area contributed by atoms with E-state index in [4.69, 9.17) is 5.73 Å². The molecule has 1 unspecified atom stereocenters. The summed E-state index contributed by atoms with van der Waals surface area (Å²) in [5.41, 5.74) is 7.64. The van der Waals surface area contributed by atoms with Gasteiger partial charge in [0, 0.05) is 25.2 Å². The van der Waals surface area contributed by atoms with E-state index < -0.39 is 0 Å².